The van der Waals surface area contributed by atoms with Gasteiger partial charge in [-0.1, -0.05) is 0 Å². The van der Waals surface area contributed by atoms with Crippen molar-refractivity contribution in [1.82, 2.24) is 0 Å². The van der Waals surface area contributed by atoms with Gasteiger partial charge in [0.25, 0.3) is 5.91 Å². The van der Waals surface area contributed by atoms with E-state index in [2.05, 4.69) is 15.3 Å². The van der Waals surface area contributed by atoms with Crippen molar-refractivity contribution < 1.29 is 40.6 Å². The second-order valence-electron chi connectivity index (χ2n) is 5.95. The fourth-order valence-electron chi connectivity index (χ4n) is 2.45. The zero-order chi connectivity index (χ0) is 23.0. The molecule has 0 aliphatic carbocycles. The van der Waals surface area contributed by atoms with Crippen LogP contribution < -0.4 is 5.01 Å². The van der Waals surface area contributed by atoms with E-state index in [-0.39, 0.29) is 60.3 Å². The molecule has 0 bridgehead atoms. The zero-order valence-corrected chi connectivity index (χ0v) is 21.8. The minimum absolute atomic E-state index is 0. The molecular formula is C16H10BaN4O9S2. The van der Waals surface area contributed by atoms with Gasteiger partial charge < -0.3 is 14.2 Å². The Bertz CT molecular complexity index is 1320. The van der Waals surface area contributed by atoms with Crippen molar-refractivity contribution in [2.75, 3.05) is 5.01 Å². The van der Waals surface area contributed by atoms with Gasteiger partial charge in [0, 0.05) is 0 Å². The molecule has 0 radical (unpaired) electrons. The van der Waals surface area contributed by atoms with Crippen LogP contribution in [0.15, 0.2) is 73.7 Å². The number of carboxylic acid groups (broad SMARTS) is 1. The molecule has 2 aromatic carbocycles. The summed E-state index contributed by atoms with van der Waals surface area (Å²) in [6.07, 6.45) is 0. The number of carboxylic acids is 1. The Morgan fingerprint density at radius 1 is 0.938 bits per heavy atom. The summed E-state index contributed by atoms with van der Waals surface area (Å²) in [6.45, 7) is 0. The first-order valence-electron chi connectivity index (χ1n) is 8.06. The minimum Gasteiger partial charge on any atom is -0.744 e. The van der Waals surface area contributed by atoms with Crippen LogP contribution in [-0.4, -0.2) is 104 Å². The van der Waals surface area contributed by atoms with Crippen molar-refractivity contribution in [2.45, 2.75) is 15.8 Å². The van der Waals surface area contributed by atoms with E-state index >= 15 is 0 Å². The molecule has 1 aliphatic heterocycles. The first kappa shape index (κ1) is 26.3. The predicted molar refractivity (Wildman–Crippen MR) is 105 cm³/mol. The number of aliphatic carboxylic acids is 1. The average molecular weight is 604 g/mol. The van der Waals surface area contributed by atoms with Gasteiger partial charge in [-0.3, -0.25) is 4.79 Å². The van der Waals surface area contributed by atoms with Crippen molar-refractivity contribution in [1.29, 1.82) is 0 Å². The second kappa shape index (κ2) is 9.89. The summed E-state index contributed by atoms with van der Waals surface area (Å²) in [6, 6.07) is 6.59. The molecule has 0 aromatic heterocycles. The van der Waals surface area contributed by atoms with E-state index in [0.29, 0.717) is 5.01 Å². The van der Waals surface area contributed by atoms with E-state index in [4.69, 9.17) is 0 Å². The molecule has 1 amide bonds. The number of hydrogen-bond donors (Lipinski definition) is 1. The van der Waals surface area contributed by atoms with Gasteiger partial charge in [0.1, 0.15) is 20.2 Å². The van der Waals surface area contributed by atoms with Crippen LogP contribution >= 0.6 is 0 Å². The first-order valence-corrected chi connectivity index (χ1v) is 10.9. The van der Waals surface area contributed by atoms with Gasteiger partial charge in [0.05, 0.1) is 21.2 Å². The Labute approximate surface area is 221 Å². The minimum atomic E-state index is -4.72. The van der Waals surface area contributed by atoms with Crippen LogP contribution in [-0.2, 0) is 29.8 Å². The number of azo groups is 1. The third-order valence-electron chi connectivity index (χ3n) is 3.91. The smallest absolute Gasteiger partial charge is 0.744 e. The number of rotatable bonds is 6. The summed E-state index contributed by atoms with van der Waals surface area (Å²) >= 11 is 0. The maximum atomic E-state index is 12.6. The standard InChI is InChI=1S/C16H12N4O9S2.Ba/c21-15-13(18-17-9-1-5-11(6-2-9)30(24,25)26)14(16(22)23)19-20(15)10-3-7-12(8-4-10)31(27,28)29;/h1-8,13H,(H,22,23)(H,24,25,26)(H,27,28,29);/q;+2/p-2. The van der Waals surface area contributed by atoms with E-state index < -0.39 is 53.7 Å². The normalized spacial score (nSPS) is 16.7. The second-order valence-corrected chi connectivity index (χ2v) is 8.71. The summed E-state index contributed by atoms with van der Waals surface area (Å²) in [5.41, 5.74) is -0.653. The average Bonchev–Trinajstić information content (AvgIpc) is 3.02. The van der Waals surface area contributed by atoms with Crippen LogP contribution in [0.5, 0.6) is 0 Å². The van der Waals surface area contributed by atoms with Crippen LogP contribution in [0, 0.1) is 0 Å². The summed E-state index contributed by atoms with van der Waals surface area (Å²) in [5, 5.41) is 21.0. The molecule has 32 heavy (non-hydrogen) atoms. The van der Waals surface area contributed by atoms with Crippen molar-refractivity contribution >= 4 is 98.1 Å². The molecule has 1 N–H and O–H groups in total. The van der Waals surface area contributed by atoms with E-state index in [1.807, 2.05) is 0 Å². The Morgan fingerprint density at radius 3 is 1.84 bits per heavy atom. The number of anilines is 1. The van der Waals surface area contributed by atoms with Crippen LogP contribution in [0.3, 0.4) is 0 Å². The third kappa shape index (κ3) is 5.88. The van der Waals surface area contributed by atoms with Crippen molar-refractivity contribution in [3.05, 3.63) is 48.5 Å². The number of amides is 1. The van der Waals surface area contributed by atoms with Crippen molar-refractivity contribution in [3.63, 3.8) is 0 Å². The van der Waals surface area contributed by atoms with Gasteiger partial charge in [0.15, 0.2) is 5.71 Å². The number of carbonyl (C=O) groups excluding carboxylic acids is 1. The Balaban J connectivity index is 0.00000363. The molecule has 16 heteroatoms. The van der Waals surface area contributed by atoms with E-state index in [1.54, 1.807) is 0 Å². The van der Waals surface area contributed by atoms with Crippen LogP contribution in [0.1, 0.15) is 0 Å². The van der Waals surface area contributed by atoms with Crippen molar-refractivity contribution in [3.8, 4) is 0 Å². The number of hydrogen-bond acceptors (Lipinski definition) is 11. The van der Waals surface area contributed by atoms with Gasteiger partial charge in [-0.2, -0.15) is 20.3 Å². The quantitative estimate of drug-likeness (QED) is 0.268. The summed E-state index contributed by atoms with van der Waals surface area (Å²) in [5.74, 6) is -2.48. The Kier molecular flexibility index (Phi) is 8.13. The van der Waals surface area contributed by atoms with E-state index in [1.165, 1.54) is 0 Å². The molecule has 1 aliphatic rings. The fraction of sp³-hybridized carbons (Fsp3) is 0.0625. The summed E-state index contributed by atoms with van der Waals surface area (Å²) in [7, 11) is -9.38. The van der Waals surface area contributed by atoms with Gasteiger partial charge in [-0.05, 0) is 48.5 Å². The molecule has 2 aromatic rings. The summed E-state index contributed by atoms with van der Waals surface area (Å²) in [4.78, 5) is 23.0. The molecule has 1 unspecified atom stereocenters. The molecule has 0 spiro atoms. The first-order chi connectivity index (χ1) is 14.4. The van der Waals surface area contributed by atoms with Crippen LogP contribution in [0.2, 0.25) is 0 Å². The maximum absolute atomic E-state index is 12.6. The molecule has 1 heterocycles. The molecule has 13 nitrogen and oxygen atoms in total. The summed E-state index contributed by atoms with van der Waals surface area (Å²) < 4.78 is 65.8. The van der Waals surface area contributed by atoms with E-state index in [9.17, 15) is 40.6 Å². The fourth-order valence-corrected chi connectivity index (χ4v) is 3.39. The van der Waals surface area contributed by atoms with Gasteiger partial charge >= 0.3 is 54.9 Å². The monoisotopic (exact) mass is 604 g/mol. The number of carbonyl (C=O) groups is 2. The molecule has 162 valence electrons. The van der Waals surface area contributed by atoms with Gasteiger partial charge in [-0.25, -0.2) is 21.6 Å². The topological polar surface area (TPSA) is 209 Å². The molecule has 0 fully saturated rings. The number of hydrazone groups is 1. The molecule has 0 saturated heterocycles. The SMILES string of the molecule is O=C(O)C1=NN(c2ccc(S(=O)(=O)[O-])cc2)C(=O)C1N=Nc1ccc(S(=O)(=O)[O-])cc1.[Ba+2]. The molecule has 3 rings (SSSR count). The van der Waals surface area contributed by atoms with Crippen LogP contribution in [0.25, 0.3) is 0 Å². The number of nitrogens with zero attached hydrogens (tertiary/aromatic N) is 4. The Morgan fingerprint density at radius 2 is 1.41 bits per heavy atom. The number of benzene rings is 2. The van der Waals surface area contributed by atoms with Crippen LogP contribution in [0.4, 0.5) is 11.4 Å². The third-order valence-corrected chi connectivity index (χ3v) is 5.61. The molecular weight excluding hydrogens is 594 g/mol. The van der Waals surface area contributed by atoms with Gasteiger partial charge in [0.2, 0.25) is 6.04 Å². The van der Waals surface area contributed by atoms with Crippen molar-refractivity contribution in [2.24, 2.45) is 15.3 Å². The predicted octanol–water partition coefficient (Wildman–Crippen LogP) is 0.0537. The molecule has 0 saturated carbocycles. The molecule has 1 atom stereocenters. The van der Waals surface area contributed by atoms with E-state index in [0.717, 1.165) is 48.5 Å². The zero-order valence-electron chi connectivity index (χ0n) is 15.7. The van der Waals surface area contributed by atoms with Gasteiger partial charge in [-0.15, -0.1) is 0 Å². The maximum Gasteiger partial charge on any atom is 2.00 e. The Hall–Kier alpha value is -1.96. The largest absolute Gasteiger partial charge is 2.00 e.